The molecule has 0 spiro atoms. The number of ether oxygens (including phenoxy) is 1. The second-order valence-corrected chi connectivity index (χ2v) is 4.25. The van der Waals surface area contributed by atoms with E-state index in [0.717, 1.165) is 25.1 Å². The predicted octanol–water partition coefficient (Wildman–Crippen LogP) is 2.71. The van der Waals surface area contributed by atoms with Crippen molar-refractivity contribution in [3.05, 3.63) is 23.5 Å². The number of pyridine rings is 1. The molecule has 15 heavy (non-hydrogen) atoms. The SMILES string of the molecule is CC(Nc1ccncc1Cl)C1CCCO1. The largest absolute Gasteiger partial charge is 0.379 e. The molecule has 1 aromatic rings. The van der Waals surface area contributed by atoms with Crippen LogP contribution in [-0.4, -0.2) is 23.7 Å². The molecular weight excluding hydrogens is 212 g/mol. The number of hydrogen-bond acceptors (Lipinski definition) is 3. The fourth-order valence-electron chi connectivity index (χ4n) is 1.83. The van der Waals surface area contributed by atoms with E-state index in [1.54, 1.807) is 12.4 Å². The van der Waals surface area contributed by atoms with Gasteiger partial charge in [0, 0.05) is 25.0 Å². The minimum absolute atomic E-state index is 0.285. The number of anilines is 1. The number of aromatic nitrogens is 1. The molecule has 4 heteroatoms. The Hall–Kier alpha value is -0.800. The topological polar surface area (TPSA) is 34.2 Å². The summed E-state index contributed by atoms with van der Waals surface area (Å²) >= 11 is 6.01. The fraction of sp³-hybridized carbons (Fsp3) is 0.545. The van der Waals surface area contributed by atoms with Crippen molar-refractivity contribution in [1.82, 2.24) is 4.98 Å². The van der Waals surface area contributed by atoms with Crippen molar-refractivity contribution in [3.63, 3.8) is 0 Å². The number of hydrogen-bond donors (Lipinski definition) is 1. The Morgan fingerprint density at radius 2 is 2.53 bits per heavy atom. The fourth-order valence-corrected chi connectivity index (χ4v) is 2.00. The standard InChI is InChI=1S/C11H15ClN2O/c1-8(11-3-2-6-15-11)14-10-4-5-13-7-9(10)12/h4-5,7-8,11H,2-3,6H2,1H3,(H,13,14). The van der Waals surface area contributed by atoms with Crippen LogP contribution in [0.4, 0.5) is 5.69 Å². The number of nitrogens with one attached hydrogen (secondary N) is 1. The summed E-state index contributed by atoms with van der Waals surface area (Å²) in [5, 5.41) is 4.01. The molecule has 2 unspecified atom stereocenters. The van der Waals surface area contributed by atoms with Gasteiger partial charge in [-0.3, -0.25) is 4.98 Å². The first-order chi connectivity index (χ1) is 7.27. The van der Waals surface area contributed by atoms with E-state index < -0.39 is 0 Å². The Bertz CT molecular complexity index is 326. The van der Waals surface area contributed by atoms with E-state index in [-0.39, 0.29) is 6.04 Å². The van der Waals surface area contributed by atoms with Gasteiger partial charge in [-0.2, -0.15) is 0 Å². The van der Waals surface area contributed by atoms with Crippen molar-refractivity contribution in [2.75, 3.05) is 11.9 Å². The van der Waals surface area contributed by atoms with Crippen LogP contribution in [0.1, 0.15) is 19.8 Å². The Morgan fingerprint density at radius 3 is 3.20 bits per heavy atom. The van der Waals surface area contributed by atoms with Crippen LogP contribution in [0, 0.1) is 0 Å². The van der Waals surface area contributed by atoms with Crippen molar-refractivity contribution in [3.8, 4) is 0 Å². The van der Waals surface area contributed by atoms with Gasteiger partial charge in [-0.05, 0) is 25.8 Å². The number of halogens is 1. The first-order valence-electron chi connectivity index (χ1n) is 5.25. The van der Waals surface area contributed by atoms with Crippen LogP contribution in [0.3, 0.4) is 0 Å². The summed E-state index contributed by atoms with van der Waals surface area (Å²) in [7, 11) is 0. The molecule has 1 aliphatic heterocycles. The highest BCUT2D eigenvalue weighted by Crippen LogP contribution is 2.23. The second-order valence-electron chi connectivity index (χ2n) is 3.84. The third-order valence-electron chi connectivity index (χ3n) is 2.68. The van der Waals surface area contributed by atoms with E-state index in [9.17, 15) is 0 Å². The van der Waals surface area contributed by atoms with E-state index in [4.69, 9.17) is 16.3 Å². The van der Waals surface area contributed by atoms with Gasteiger partial charge in [0.1, 0.15) is 0 Å². The zero-order valence-electron chi connectivity index (χ0n) is 8.74. The van der Waals surface area contributed by atoms with Crippen LogP contribution >= 0.6 is 11.6 Å². The molecule has 0 aromatic carbocycles. The molecule has 82 valence electrons. The summed E-state index contributed by atoms with van der Waals surface area (Å²) in [6.07, 6.45) is 5.95. The third kappa shape index (κ3) is 2.61. The van der Waals surface area contributed by atoms with Crippen molar-refractivity contribution >= 4 is 17.3 Å². The highest BCUT2D eigenvalue weighted by molar-refractivity contribution is 6.33. The molecule has 1 aliphatic rings. The van der Waals surface area contributed by atoms with Gasteiger partial charge in [0.15, 0.2) is 0 Å². The van der Waals surface area contributed by atoms with Crippen LogP contribution in [0.2, 0.25) is 5.02 Å². The maximum atomic E-state index is 6.01. The van der Waals surface area contributed by atoms with Crippen molar-refractivity contribution < 1.29 is 4.74 Å². The highest BCUT2D eigenvalue weighted by atomic mass is 35.5. The Labute approximate surface area is 94.8 Å². The maximum Gasteiger partial charge on any atom is 0.0820 e. The Morgan fingerprint density at radius 1 is 1.67 bits per heavy atom. The molecule has 1 fully saturated rings. The van der Waals surface area contributed by atoms with Crippen molar-refractivity contribution in [2.24, 2.45) is 0 Å². The Balaban J connectivity index is 1.99. The number of nitrogens with zero attached hydrogens (tertiary/aromatic N) is 1. The number of rotatable bonds is 3. The van der Waals surface area contributed by atoms with Crippen LogP contribution in [-0.2, 0) is 4.74 Å². The Kier molecular flexibility index (Phi) is 3.44. The molecule has 3 nitrogen and oxygen atoms in total. The summed E-state index contributed by atoms with van der Waals surface area (Å²) < 4.78 is 5.61. The molecule has 2 rings (SSSR count). The lowest BCUT2D eigenvalue weighted by Gasteiger charge is -2.21. The van der Waals surface area contributed by atoms with Gasteiger partial charge in [-0.15, -0.1) is 0 Å². The van der Waals surface area contributed by atoms with Crippen LogP contribution in [0.15, 0.2) is 18.5 Å². The first kappa shape index (κ1) is 10.7. The van der Waals surface area contributed by atoms with Crippen LogP contribution in [0.25, 0.3) is 0 Å². The minimum Gasteiger partial charge on any atom is -0.379 e. The molecule has 1 aromatic heterocycles. The third-order valence-corrected chi connectivity index (χ3v) is 2.98. The maximum absolute atomic E-state index is 6.01. The quantitative estimate of drug-likeness (QED) is 0.861. The monoisotopic (exact) mass is 226 g/mol. The zero-order valence-corrected chi connectivity index (χ0v) is 9.50. The summed E-state index contributed by atoms with van der Waals surface area (Å²) in [5.41, 5.74) is 0.926. The van der Waals surface area contributed by atoms with Crippen molar-refractivity contribution in [2.45, 2.75) is 31.9 Å². The lowest BCUT2D eigenvalue weighted by atomic mass is 10.1. The molecule has 1 N–H and O–H groups in total. The van der Waals surface area contributed by atoms with E-state index in [0.29, 0.717) is 11.1 Å². The molecule has 1 saturated heterocycles. The van der Waals surface area contributed by atoms with Gasteiger partial charge < -0.3 is 10.1 Å². The molecule has 2 atom stereocenters. The van der Waals surface area contributed by atoms with Gasteiger partial charge in [0.05, 0.1) is 16.8 Å². The second kappa shape index (κ2) is 4.81. The summed E-state index contributed by atoms with van der Waals surface area (Å²) in [5.74, 6) is 0. The molecule has 0 aliphatic carbocycles. The molecule has 0 amide bonds. The minimum atomic E-state index is 0.285. The molecule has 0 radical (unpaired) electrons. The smallest absolute Gasteiger partial charge is 0.0820 e. The summed E-state index contributed by atoms with van der Waals surface area (Å²) in [4.78, 5) is 3.95. The first-order valence-corrected chi connectivity index (χ1v) is 5.63. The summed E-state index contributed by atoms with van der Waals surface area (Å²) in [6, 6.07) is 2.17. The molecule has 2 heterocycles. The van der Waals surface area contributed by atoms with Gasteiger partial charge in [0.25, 0.3) is 0 Å². The van der Waals surface area contributed by atoms with Crippen LogP contribution < -0.4 is 5.32 Å². The zero-order chi connectivity index (χ0) is 10.7. The molecule has 0 saturated carbocycles. The molecular formula is C11H15ClN2O. The average Bonchev–Trinajstić information content (AvgIpc) is 2.74. The lowest BCUT2D eigenvalue weighted by molar-refractivity contribution is 0.0996. The molecule has 0 bridgehead atoms. The van der Waals surface area contributed by atoms with Gasteiger partial charge in [0.2, 0.25) is 0 Å². The van der Waals surface area contributed by atoms with Crippen molar-refractivity contribution in [1.29, 1.82) is 0 Å². The normalized spacial score (nSPS) is 22.7. The van der Waals surface area contributed by atoms with E-state index >= 15 is 0 Å². The van der Waals surface area contributed by atoms with Gasteiger partial charge in [-0.1, -0.05) is 11.6 Å². The predicted molar refractivity (Wildman–Crippen MR) is 61.3 cm³/mol. The lowest BCUT2D eigenvalue weighted by Crippen LogP contribution is -2.30. The van der Waals surface area contributed by atoms with E-state index in [1.165, 1.54) is 0 Å². The van der Waals surface area contributed by atoms with Gasteiger partial charge in [-0.25, -0.2) is 0 Å². The van der Waals surface area contributed by atoms with Gasteiger partial charge >= 0.3 is 0 Å². The summed E-state index contributed by atoms with van der Waals surface area (Å²) in [6.45, 7) is 2.99. The van der Waals surface area contributed by atoms with Crippen LogP contribution in [0.5, 0.6) is 0 Å². The van der Waals surface area contributed by atoms with E-state index in [2.05, 4.69) is 17.2 Å². The average molecular weight is 227 g/mol. The highest BCUT2D eigenvalue weighted by Gasteiger charge is 2.22. The van der Waals surface area contributed by atoms with E-state index in [1.807, 2.05) is 6.07 Å².